The Kier molecular flexibility index (Phi) is 4.75. The molecule has 0 saturated heterocycles. The van der Waals surface area contributed by atoms with Gasteiger partial charge in [-0.05, 0) is 51.8 Å². The smallest absolute Gasteiger partial charge is 0.274 e. The molecule has 2 aromatic rings. The minimum atomic E-state index is -0.227. The molecular weight excluding hydrogens is 276 g/mol. The Balaban J connectivity index is 2.28. The first-order valence-corrected chi connectivity index (χ1v) is 7.36. The molecule has 0 spiro atoms. The standard InChI is InChI=1S/C17H22N4O/c1-10(2)18-17-19-13(5)9-14(20-17)16(22)21-15-11(3)7-6-8-12(15)4/h6-10H,1-5H3,(H,21,22)(H,18,19,20). The van der Waals surface area contributed by atoms with Crippen LogP contribution in [0.1, 0.15) is 41.2 Å². The molecule has 0 fully saturated rings. The minimum Gasteiger partial charge on any atom is -0.352 e. The van der Waals surface area contributed by atoms with E-state index in [1.807, 2.05) is 52.8 Å². The van der Waals surface area contributed by atoms with Gasteiger partial charge in [0.1, 0.15) is 5.69 Å². The summed E-state index contributed by atoms with van der Waals surface area (Å²) < 4.78 is 0. The van der Waals surface area contributed by atoms with Crippen molar-refractivity contribution in [3.63, 3.8) is 0 Å². The molecule has 2 N–H and O–H groups in total. The van der Waals surface area contributed by atoms with Gasteiger partial charge in [-0.25, -0.2) is 9.97 Å². The van der Waals surface area contributed by atoms with Gasteiger partial charge >= 0.3 is 0 Å². The summed E-state index contributed by atoms with van der Waals surface area (Å²) in [6.45, 7) is 9.80. The molecule has 2 rings (SSSR count). The lowest BCUT2D eigenvalue weighted by Crippen LogP contribution is -2.19. The largest absolute Gasteiger partial charge is 0.352 e. The summed E-state index contributed by atoms with van der Waals surface area (Å²) in [5.41, 5.74) is 4.00. The first-order chi connectivity index (χ1) is 10.4. The molecule has 0 saturated carbocycles. The highest BCUT2D eigenvalue weighted by atomic mass is 16.1. The maximum Gasteiger partial charge on any atom is 0.274 e. The fourth-order valence-electron chi connectivity index (χ4n) is 2.20. The highest BCUT2D eigenvalue weighted by Gasteiger charge is 2.13. The van der Waals surface area contributed by atoms with E-state index in [2.05, 4.69) is 20.6 Å². The van der Waals surface area contributed by atoms with Gasteiger partial charge in [0.2, 0.25) is 5.95 Å². The Morgan fingerprint density at radius 1 is 1.09 bits per heavy atom. The Morgan fingerprint density at radius 3 is 2.32 bits per heavy atom. The number of rotatable bonds is 4. The highest BCUT2D eigenvalue weighted by Crippen LogP contribution is 2.20. The molecule has 22 heavy (non-hydrogen) atoms. The molecule has 0 aliphatic carbocycles. The number of anilines is 2. The van der Waals surface area contributed by atoms with Crippen molar-refractivity contribution in [3.05, 3.63) is 46.8 Å². The van der Waals surface area contributed by atoms with Crippen LogP contribution in [0.5, 0.6) is 0 Å². The highest BCUT2D eigenvalue weighted by molar-refractivity contribution is 6.03. The lowest BCUT2D eigenvalue weighted by molar-refractivity contribution is 0.102. The molecule has 1 amide bonds. The molecular formula is C17H22N4O. The second-order valence-electron chi connectivity index (χ2n) is 5.74. The first kappa shape index (κ1) is 15.9. The normalized spacial score (nSPS) is 10.6. The molecule has 0 radical (unpaired) electrons. The summed E-state index contributed by atoms with van der Waals surface area (Å²) in [5, 5.41) is 6.07. The van der Waals surface area contributed by atoms with E-state index in [1.165, 1.54) is 0 Å². The monoisotopic (exact) mass is 298 g/mol. The molecule has 0 aliphatic heterocycles. The van der Waals surface area contributed by atoms with Crippen LogP contribution in [-0.4, -0.2) is 21.9 Å². The van der Waals surface area contributed by atoms with Gasteiger partial charge in [-0.2, -0.15) is 0 Å². The zero-order valence-corrected chi connectivity index (χ0v) is 13.7. The third-order valence-corrected chi connectivity index (χ3v) is 3.22. The molecule has 0 unspecified atom stereocenters. The zero-order chi connectivity index (χ0) is 16.3. The number of aryl methyl sites for hydroxylation is 3. The molecule has 1 aromatic heterocycles. The van der Waals surface area contributed by atoms with Crippen molar-refractivity contribution in [2.45, 2.75) is 40.7 Å². The van der Waals surface area contributed by atoms with E-state index in [0.717, 1.165) is 22.5 Å². The number of aromatic nitrogens is 2. The van der Waals surface area contributed by atoms with Crippen LogP contribution in [0.25, 0.3) is 0 Å². The van der Waals surface area contributed by atoms with E-state index >= 15 is 0 Å². The van der Waals surface area contributed by atoms with Gasteiger partial charge in [-0.1, -0.05) is 18.2 Å². The summed E-state index contributed by atoms with van der Waals surface area (Å²) in [6, 6.07) is 7.81. The van der Waals surface area contributed by atoms with Gasteiger partial charge in [0.25, 0.3) is 5.91 Å². The summed E-state index contributed by atoms with van der Waals surface area (Å²) in [4.78, 5) is 21.1. The van der Waals surface area contributed by atoms with Crippen LogP contribution in [0.15, 0.2) is 24.3 Å². The van der Waals surface area contributed by atoms with Crippen molar-refractivity contribution >= 4 is 17.5 Å². The second kappa shape index (κ2) is 6.56. The predicted octanol–water partition coefficient (Wildman–Crippen LogP) is 3.47. The molecule has 0 atom stereocenters. The molecule has 5 nitrogen and oxygen atoms in total. The summed E-state index contributed by atoms with van der Waals surface area (Å²) in [7, 11) is 0. The lowest BCUT2D eigenvalue weighted by atomic mass is 10.1. The Morgan fingerprint density at radius 2 is 1.73 bits per heavy atom. The van der Waals surface area contributed by atoms with Crippen LogP contribution in [0, 0.1) is 20.8 Å². The number of nitrogens with one attached hydrogen (secondary N) is 2. The molecule has 1 heterocycles. The van der Waals surface area contributed by atoms with Crippen LogP contribution >= 0.6 is 0 Å². The Bertz CT molecular complexity index is 675. The van der Waals surface area contributed by atoms with E-state index in [4.69, 9.17) is 0 Å². The number of hydrogen-bond donors (Lipinski definition) is 2. The van der Waals surface area contributed by atoms with Crippen molar-refractivity contribution < 1.29 is 4.79 Å². The van der Waals surface area contributed by atoms with Crippen LogP contribution in [0.3, 0.4) is 0 Å². The maximum atomic E-state index is 12.5. The average Bonchev–Trinajstić information content (AvgIpc) is 2.41. The van der Waals surface area contributed by atoms with Crippen LogP contribution in [0.2, 0.25) is 0 Å². The number of carbonyl (C=O) groups excluding carboxylic acids is 1. The van der Waals surface area contributed by atoms with Gasteiger partial charge in [0.05, 0.1) is 0 Å². The Labute approximate surface area is 131 Å². The predicted molar refractivity (Wildman–Crippen MR) is 89.4 cm³/mol. The molecule has 0 bridgehead atoms. The van der Waals surface area contributed by atoms with Crippen molar-refractivity contribution in [2.24, 2.45) is 0 Å². The molecule has 116 valence electrons. The summed E-state index contributed by atoms with van der Waals surface area (Å²) >= 11 is 0. The quantitative estimate of drug-likeness (QED) is 0.907. The molecule has 0 aliphatic rings. The number of amides is 1. The first-order valence-electron chi connectivity index (χ1n) is 7.36. The van der Waals surface area contributed by atoms with Gasteiger partial charge in [0, 0.05) is 17.4 Å². The van der Waals surface area contributed by atoms with Crippen molar-refractivity contribution in [2.75, 3.05) is 10.6 Å². The Hall–Kier alpha value is -2.43. The van der Waals surface area contributed by atoms with Crippen LogP contribution in [-0.2, 0) is 0 Å². The average molecular weight is 298 g/mol. The van der Waals surface area contributed by atoms with Crippen LogP contribution in [0.4, 0.5) is 11.6 Å². The third kappa shape index (κ3) is 3.81. The zero-order valence-electron chi connectivity index (χ0n) is 13.7. The van der Waals surface area contributed by atoms with E-state index in [1.54, 1.807) is 6.07 Å². The fourth-order valence-corrected chi connectivity index (χ4v) is 2.20. The number of para-hydroxylation sites is 1. The van der Waals surface area contributed by atoms with Crippen molar-refractivity contribution in [1.82, 2.24) is 9.97 Å². The number of nitrogens with zero attached hydrogens (tertiary/aromatic N) is 2. The summed E-state index contributed by atoms with van der Waals surface area (Å²) in [6.07, 6.45) is 0. The number of benzene rings is 1. The van der Waals surface area contributed by atoms with E-state index in [-0.39, 0.29) is 11.9 Å². The molecule has 1 aromatic carbocycles. The van der Waals surface area contributed by atoms with Crippen molar-refractivity contribution in [3.8, 4) is 0 Å². The second-order valence-corrected chi connectivity index (χ2v) is 5.74. The van der Waals surface area contributed by atoms with E-state index in [9.17, 15) is 4.79 Å². The van der Waals surface area contributed by atoms with E-state index in [0.29, 0.717) is 11.6 Å². The maximum absolute atomic E-state index is 12.5. The number of carbonyl (C=O) groups is 1. The molecule has 5 heteroatoms. The topological polar surface area (TPSA) is 66.9 Å². The fraction of sp³-hybridized carbons (Fsp3) is 0.353. The van der Waals surface area contributed by atoms with E-state index < -0.39 is 0 Å². The lowest BCUT2D eigenvalue weighted by Gasteiger charge is -2.13. The summed E-state index contributed by atoms with van der Waals surface area (Å²) in [5.74, 6) is 0.247. The SMILES string of the molecule is Cc1cc(C(=O)Nc2c(C)cccc2C)nc(NC(C)C)n1. The van der Waals surface area contributed by atoms with Gasteiger partial charge < -0.3 is 10.6 Å². The van der Waals surface area contributed by atoms with Gasteiger partial charge in [-0.3, -0.25) is 4.79 Å². The third-order valence-electron chi connectivity index (χ3n) is 3.22. The van der Waals surface area contributed by atoms with Crippen molar-refractivity contribution in [1.29, 1.82) is 0 Å². The van der Waals surface area contributed by atoms with Gasteiger partial charge in [0.15, 0.2) is 0 Å². The van der Waals surface area contributed by atoms with Crippen LogP contribution < -0.4 is 10.6 Å². The minimum absolute atomic E-state index is 0.205. The number of hydrogen-bond acceptors (Lipinski definition) is 4. The van der Waals surface area contributed by atoms with Gasteiger partial charge in [-0.15, -0.1) is 0 Å².